The van der Waals surface area contributed by atoms with E-state index in [4.69, 9.17) is 0 Å². The van der Waals surface area contributed by atoms with Gasteiger partial charge < -0.3 is 10.6 Å². The van der Waals surface area contributed by atoms with E-state index in [1.165, 1.54) is 0 Å². The molecule has 0 radical (unpaired) electrons. The Morgan fingerprint density at radius 1 is 1.42 bits per heavy atom. The summed E-state index contributed by atoms with van der Waals surface area (Å²) in [6, 6.07) is -0.248. The number of aromatic nitrogens is 2. The number of anilines is 1. The van der Waals surface area contributed by atoms with Gasteiger partial charge in [-0.05, 0) is 25.7 Å². The molecule has 5 heteroatoms. The maximum Gasteiger partial charge on any atom is 0.242 e. The molecule has 0 saturated heterocycles. The van der Waals surface area contributed by atoms with Gasteiger partial charge in [0.25, 0.3) is 0 Å². The molecule has 0 bridgehead atoms. The van der Waals surface area contributed by atoms with Crippen LogP contribution >= 0.6 is 0 Å². The molecule has 0 aliphatic carbocycles. The molecule has 1 aromatic rings. The highest BCUT2D eigenvalue weighted by Gasteiger charge is 2.15. The van der Waals surface area contributed by atoms with Crippen LogP contribution in [-0.2, 0) is 18.3 Å². The maximum atomic E-state index is 11.9. The van der Waals surface area contributed by atoms with Gasteiger partial charge in [0.2, 0.25) is 5.91 Å². The molecule has 0 aliphatic rings. The minimum Gasteiger partial charge on any atom is -0.371 e. The lowest BCUT2D eigenvalue weighted by molar-refractivity contribution is -0.121. The molecule has 0 fully saturated rings. The number of nitrogens with one attached hydrogen (secondary N) is 2. The SMILES string of the molecule is CCc1nn(C)cc1NC(C)C(=O)NCCC(C)C. The zero-order chi connectivity index (χ0) is 14.4. The van der Waals surface area contributed by atoms with Gasteiger partial charge in [-0.1, -0.05) is 20.8 Å². The zero-order valence-corrected chi connectivity index (χ0v) is 12.7. The van der Waals surface area contributed by atoms with Gasteiger partial charge in [0.05, 0.1) is 11.4 Å². The molecule has 2 N–H and O–H groups in total. The van der Waals surface area contributed by atoms with Crippen LogP contribution in [0.25, 0.3) is 0 Å². The second-order valence-corrected chi connectivity index (χ2v) is 5.36. The summed E-state index contributed by atoms with van der Waals surface area (Å²) >= 11 is 0. The van der Waals surface area contributed by atoms with Crippen molar-refractivity contribution in [2.75, 3.05) is 11.9 Å². The Morgan fingerprint density at radius 2 is 2.11 bits per heavy atom. The Morgan fingerprint density at radius 3 is 2.68 bits per heavy atom. The fraction of sp³-hybridized carbons (Fsp3) is 0.714. The maximum absolute atomic E-state index is 11.9. The van der Waals surface area contributed by atoms with Crippen LogP contribution in [0, 0.1) is 5.92 Å². The van der Waals surface area contributed by atoms with E-state index in [1.807, 2.05) is 20.2 Å². The summed E-state index contributed by atoms with van der Waals surface area (Å²) in [6.07, 6.45) is 3.77. The first-order chi connectivity index (χ1) is 8.93. The Labute approximate surface area is 115 Å². The summed E-state index contributed by atoms with van der Waals surface area (Å²) in [7, 11) is 1.89. The van der Waals surface area contributed by atoms with Crippen molar-refractivity contribution in [3.63, 3.8) is 0 Å². The molecule has 19 heavy (non-hydrogen) atoms. The number of carbonyl (C=O) groups is 1. The second-order valence-electron chi connectivity index (χ2n) is 5.36. The van der Waals surface area contributed by atoms with Gasteiger partial charge in [0.15, 0.2) is 0 Å². The summed E-state index contributed by atoms with van der Waals surface area (Å²) in [5.74, 6) is 0.639. The van der Waals surface area contributed by atoms with Crippen molar-refractivity contribution in [1.82, 2.24) is 15.1 Å². The van der Waals surface area contributed by atoms with Gasteiger partial charge in [-0.15, -0.1) is 0 Å². The number of aryl methyl sites for hydroxylation is 2. The first kappa shape index (κ1) is 15.5. The van der Waals surface area contributed by atoms with E-state index >= 15 is 0 Å². The Hall–Kier alpha value is -1.52. The van der Waals surface area contributed by atoms with E-state index in [0.717, 1.165) is 30.8 Å². The molecule has 108 valence electrons. The Bertz CT molecular complexity index is 412. The lowest BCUT2D eigenvalue weighted by Crippen LogP contribution is -2.38. The number of hydrogen-bond acceptors (Lipinski definition) is 3. The van der Waals surface area contributed by atoms with Crippen molar-refractivity contribution in [3.05, 3.63) is 11.9 Å². The highest BCUT2D eigenvalue weighted by molar-refractivity contribution is 5.84. The summed E-state index contributed by atoms with van der Waals surface area (Å²) < 4.78 is 1.77. The van der Waals surface area contributed by atoms with Gasteiger partial charge in [-0.25, -0.2) is 0 Å². The van der Waals surface area contributed by atoms with E-state index < -0.39 is 0 Å². The molecular formula is C14H26N4O. The molecule has 1 amide bonds. The third kappa shape index (κ3) is 4.93. The van der Waals surface area contributed by atoms with E-state index in [9.17, 15) is 4.79 Å². The van der Waals surface area contributed by atoms with Crippen molar-refractivity contribution in [2.24, 2.45) is 13.0 Å². The zero-order valence-electron chi connectivity index (χ0n) is 12.7. The lowest BCUT2D eigenvalue weighted by atomic mass is 10.1. The van der Waals surface area contributed by atoms with E-state index in [2.05, 4.69) is 36.5 Å². The minimum absolute atomic E-state index is 0.0338. The predicted octanol–water partition coefficient (Wildman–Crippen LogP) is 1.95. The van der Waals surface area contributed by atoms with E-state index in [-0.39, 0.29) is 11.9 Å². The summed E-state index contributed by atoms with van der Waals surface area (Å²) in [6.45, 7) is 8.96. The minimum atomic E-state index is -0.248. The van der Waals surface area contributed by atoms with Crippen LogP contribution in [0.3, 0.4) is 0 Å². The van der Waals surface area contributed by atoms with Crippen LogP contribution in [0.5, 0.6) is 0 Å². The average molecular weight is 266 g/mol. The number of rotatable bonds is 7. The summed E-state index contributed by atoms with van der Waals surface area (Å²) in [5, 5.41) is 10.5. The summed E-state index contributed by atoms with van der Waals surface area (Å²) in [4.78, 5) is 11.9. The van der Waals surface area contributed by atoms with E-state index in [1.54, 1.807) is 4.68 Å². The van der Waals surface area contributed by atoms with Crippen LogP contribution in [0.4, 0.5) is 5.69 Å². The fourth-order valence-corrected chi connectivity index (χ4v) is 1.85. The molecule has 0 spiro atoms. The predicted molar refractivity (Wildman–Crippen MR) is 78.1 cm³/mol. The van der Waals surface area contributed by atoms with Crippen LogP contribution in [0.1, 0.15) is 39.8 Å². The van der Waals surface area contributed by atoms with Crippen molar-refractivity contribution in [2.45, 2.75) is 46.6 Å². The third-order valence-electron chi connectivity index (χ3n) is 3.03. The second kappa shape index (κ2) is 7.16. The number of nitrogens with zero attached hydrogens (tertiary/aromatic N) is 2. The lowest BCUT2D eigenvalue weighted by Gasteiger charge is -2.15. The topological polar surface area (TPSA) is 59.0 Å². The number of carbonyl (C=O) groups excluding carboxylic acids is 1. The molecule has 1 atom stereocenters. The van der Waals surface area contributed by atoms with Crippen molar-refractivity contribution in [3.8, 4) is 0 Å². The van der Waals surface area contributed by atoms with Crippen LogP contribution in [-0.4, -0.2) is 28.3 Å². The quantitative estimate of drug-likeness (QED) is 0.793. The third-order valence-corrected chi connectivity index (χ3v) is 3.03. The molecule has 0 aliphatic heterocycles. The molecule has 1 aromatic heterocycles. The molecule has 0 aromatic carbocycles. The van der Waals surface area contributed by atoms with Gasteiger partial charge in [0.1, 0.15) is 6.04 Å². The van der Waals surface area contributed by atoms with E-state index in [0.29, 0.717) is 5.92 Å². The molecular weight excluding hydrogens is 240 g/mol. The number of amides is 1. The van der Waals surface area contributed by atoms with Crippen LogP contribution < -0.4 is 10.6 Å². The molecule has 1 unspecified atom stereocenters. The van der Waals surface area contributed by atoms with Gasteiger partial charge in [0, 0.05) is 19.8 Å². The Kier molecular flexibility index (Phi) is 5.86. The monoisotopic (exact) mass is 266 g/mol. The standard InChI is InChI=1S/C14H26N4O/c1-6-12-13(9-18(5)17-12)16-11(4)14(19)15-8-7-10(2)3/h9-11,16H,6-8H2,1-5H3,(H,15,19). The molecule has 1 heterocycles. The summed E-state index contributed by atoms with van der Waals surface area (Å²) in [5.41, 5.74) is 1.93. The van der Waals surface area contributed by atoms with Crippen molar-refractivity contribution < 1.29 is 4.79 Å². The first-order valence-electron chi connectivity index (χ1n) is 7.00. The van der Waals surface area contributed by atoms with Crippen LogP contribution in [0.2, 0.25) is 0 Å². The molecule has 1 rings (SSSR count). The fourth-order valence-electron chi connectivity index (χ4n) is 1.85. The van der Waals surface area contributed by atoms with Gasteiger partial charge in [-0.2, -0.15) is 5.10 Å². The highest BCUT2D eigenvalue weighted by Crippen LogP contribution is 2.14. The average Bonchev–Trinajstić information content (AvgIpc) is 2.68. The number of hydrogen-bond donors (Lipinski definition) is 2. The normalized spacial score (nSPS) is 12.5. The molecule has 0 saturated carbocycles. The smallest absolute Gasteiger partial charge is 0.242 e. The highest BCUT2D eigenvalue weighted by atomic mass is 16.2. The largest absolute Gasteiger partial charge is 0.371 e. The van der Waals surface area contributed by atoms with Crippen molar-refractivity contribution >= 4 is 11.6 Å². The van der Waals surface area contributed by atoms with Crippen molar-refractivity contribution in [1.29, 1.82) is 0 Å². The first-order valence-corrected chi connectivity index (χ1v) is 7.00. The van der Waals surface area contributed by atoms with Gasteiger partial charge in [-0.3, -0.25) is 9.48 Å². The Balaban J connectivity index is 2.49. The van der Waals surface area contributed by atoms with Crippen LogP contribution in [0.15, 0.2) is 6.20 Å². The van der Waals surface area contributed by atoms with Gasteiger partial charge >= 0.3 is 0 Å². The molecule has 5 nitrogen and oxygen atoms in total.